The molecule has 0 saturated carbocycles. The zero-order chi connectivity index (χ0) is 13.3. The molecule has 18 heavy (non-hydrogen) atoms. The second-order valence-electron chi connectivity index (χ2n) is 4.16. The third kappa shape index (κ3) is 2.45. The molecule has 0 aliphatic carbocycles. The van der Waals surface area contributed by atoms with Crippen molar-refractivity contribution < 1.29 is 18.0 Å². The molecule has 0 atom stereocenters. The molecule has 2 heterocycles. The number of hydrogen-bond donors (Lipinski definition) is 1. The quantitative estimate of drug-likeness (QED) is 0.866. The standard InChI is InChI=1S/C11H12F3N3O/c1-17(8-5-15-6-8)10(18)9-3-2-7(4-16-9)11(12,13)14/h2-4,8,15H,5-6H2,1H3. The van der Waals surface area contributed by atoms with Gasteiger partial charge < -0.3 is 10.2 Å². The van der Waals surface area contributed by atoms with Gasteiger partial charge in [0.2, 0.25) is 0 Å². The van der Waals surface area contributed by atoms with Crippen LogP contribution < -0.4 is 5.32 Å². The molecule has 0 radical (unpaired) electrons. The summed E-state index contributed by atoms with van der Waals surface area (Å²) in [6.07, 6.45) is -3.75. The summed E-state index contributed by atoms with van der Waals surface area (Å²) in [4.78, 5) is 17.0. The third-order valence-corrected chi connectivity index (χ3v) is 2.94. The van der Waals surface area contributed by atoms with E-state index in [1.807, 2.05) is 0 Å². The van der Waals surface area contributed by atoms with Gasteiger partial charge in [0, 0.05) is 26.3 Å². The number of hydrogen-bond acceptors (Lipinski definition) is 3. The Morgan fingerprint density at radius 1 is 1.44 bits per heavy atom. The van der Waals surface area contributed by atoms with Crippen molar-refractivity contribution in [3.63, 3.8) is 0 Å². The number of likely N-dealkylation sites (N-methyl/N-ethyl adjacent to an activating group) is 1. The van der Waals surface area contributed by atoms with Crippen LogP contribution in [0.4, 0.5) is 13.2 Å². The summed E-state index contributed by atoms with van der Waals surface area (Å²) >= 11 is 0. The van der Waals surface area contributed by atoms with Crippen molar-refractivity contribution in [3.8, 4) is 0 Å². The molecular weight excluding hydrogens is 247 g/mol. The summed E-state index contributed by atoms with van der Waals surface area (Å²) in [5.74, 6) is -0.366. The molecule has 0 bridgehead atoms. The Bertz CT molecular complexity index is 440. The highest BCUT2D eigenvalue weighted by molar-refractivity contribution is 5.92. The summed E-state index contributed by atoms with van der Waals surface area (Å²) in [5.41, 5.74) is -0.829. The molecule has 1 amide bonds. The second kappa shape index (κ2) is 4.56. The van der Waals surface area contributed by atoms with Crippen LogP contribution >= 0.6 is 0 Å². The van der Waals surface area contributed by atoms with Crippen molar-refractivity contribution in [2.24, 2.45) is 0 Å². The highest BCUT2D eigenvalue weighted by Crippen LogP contribution is 2.28. The van der Waals surface area contributed by atoms with Gasteiger partial charge in [0.05, 0.1) is 11.6 Å². The smallest absolute Gasteiger partial charge is 0.335 e. The molecular formula is C11H12F3N3O. The van der Waals surface area contributed by atoms with Gasteiger partial charge >= 0.3 is 6.18 Å². The van der Waals surface area contributed by atoms with E-state index in [9.17, 15) is 18.0 Å². The van der Waals surface area contributed by atoms with Crippen LogP contribution in [0.3, 0.4) is 0 Å². The lowest BCUT2D eigenvalue weighted by molar-refractivity contribution is -0.137. The lowest BCUT2D eigenvalue weighted by Gasteiger charge is -2.35. The van der Waals surface area contributed by atoms with Crippen LogP contribution in [-0.2, 0) is 6.18 Å². The largest absolute Gasteiger partial charge is 0.417 e. The van der Waals surface area contributed by atoms with E-state index >= 15 is 0 Å². The number of halogens is 3. The summed E-state index contributed by atoms with van der Waals surface area (Å²) in [7, 11) is 1.62. The zero-order valence-corrected chi connectivity index (χ0v) is 9.66. The number of amides is 1. The number of pyridine rings is 1. The van der Waals surface area contributed by atoms with Crippen LogP contribution in [0.5, 0.6) is 0 Å². The fourth-order valence-corrected chi connectivity index (χ4v) is 1.58. The lowest BCUT2D eigenvalue weighted by Crippen LogP contribution is -2.57. The van der Waals surface area contributed by atoms with E-state index in [4.69, 9.17) is 0 Å². The van der Waals surface area contributed by atoms with E-state index in [-0.39, 0.29) is 17.6 Å². The third-order valence-electron chi connectivity index (χ3n) is 2.94. The predicted octanol–water partition coefficient (Wildman–Crippen LogP) is 1.14. The maximum absolute atomic E-state index is 12.3. The molecule has 2 rings (SSSR count). The van der Waals surface area contributed by atoms with Gasteiger partial charge in [-0.15, -0.1) is 0 Å². The number of nitrogens with one attached hydrogen (secondary N) is 1. The van der Waals surface area contributed by atoms with Gasteiger partial charge in [-0.2, -0.15) is 13.2 Å². The number of carbonyl (C=O) groups excluding carboxylic acids is 1. The van der Waals surface area contributed by atoms with Crippen molar-refractivity contribution in [3.05, 3.63) is 29.6 Å². The molecule has 7 heteroatoms. The first-order valence-corrected chi connectivity index (χ1v) is 5.40. The molecule has 1 aliphatic rings. The minimum atomic E-state index is -4.43. The SMILES string of the molecule is CN(C(=O)c1ccc(C(F)(F)F)cn1)C1CNC1. The van der Waals surface area contributed by atoms with Gasteiger partial charge in [-0.1, -0.05) is 0 Å². The van der Waals surface area contributed by atoms with Crippen molar-refractivity contribution in [1.82, 2.24) is 15.2 Å². The Hall–Kier alpha value is -1.63. The average Bonchev–Trinajstić information content (AvgIpc) is 2.24. The second-order valence-corrected chi connectivity index (χ2v) is 4.16. The van der Waals surface area contributed by atoms with Crippen molar-refractivity contribution >= 4 is 5.91 Å². The normalized spacial score (nSPS) is 16.2. The summed E-state index contributed by atoms with van der Waals surface area (Å²) < 4.78 is 37.0. The maximum atomic E-state index is 12.3. The van der Waals surface area contributed by atoms with Crippen LogP contribution in [0.15, 0.2) is 18.3 Å². The van der Waals surface area contributed by atoms with E-state index in [0.29, 0.717) is 19.3 Å². The molecule has 0 aromatic carbocycles. The highest BCUT2D eigenvalue weighted by atomic mass is 19.4. The predicted molar refractivity (Wildman–Crippen MR) is 58.0 cm³/mol. The Balaban J connectivity index is 2.11. The van der Waals surface area contributed by atoms with Crippen molar-refractivity contribution in [2.45, 2.75) is 12.2 Å². The maximum Gasteiger partial charge on any atom is 0.417 e. The molecule has 1 fully saturated rings. The Labute approximate surface area is 102 Å². The molecule has 0 spiro atoms. The fraction of sp³-hybridized carbons (Fsp3) is 0.455. The zero-order valence-electron chi connectivity index (χ0n) is 9.66. The van der Waals surface area contributed by atoms with Crippen molar-refractivity contribution in [1.29, 1.82) is 0 Å². The molecule has 1 aliphatic heterocycles. The van der Waals surface area contributed by atoms with Crippen LogP contribution in [0, 0.1) is 0 Å². The fourth-order valence-electron chi connectivity index (χ4n) is 1.58. The molecule has 1 aromatic heterocycles. The van der Waals surface area contributed by atoms with Crippen LogP contribution in [0.1, 0.15) is 16.1 Å². The van der Waals surface area contributed by atoms with Gasteiger partial charge in [-0.05, 0) is 12.1 Å². The number of alkyl halides is 3. The van der Waals surface area contributed by atoms with Crippen molar-refractivity contribution in [2.75, 3.05) is 20.1 Å². The highest BCUT2D eigenvalue weighted by Gasteiger charge is 2.32. The number of nitrogens with zero attached hydrogens (tertiary/aromatic N) is 2. The van der Waals surface area contributed by atoms with Gasteiger partial charge in [0.15, 0.2) is 0 Å². The lowest BCUT2D eigenvalue weighted by atomic mass is 10.1. The van der Waals surface area contributed by atoms with E-state index < -0.39 is 11.7 Å². The van der Waals surface area contributed by atoms with Gasteiger partial charge in [0.1, 0.15) is 5.69 Å². The molecule has 1 saturated heterocycles. The molecule has 1 aromatic rings. The van der Waals surface area contributed by atoms with Gasteiger partial charge in [0.25, 0.3) is 5.91 Å². The molecule has 0 unspecified atom stereocenters. The van der Waals surface area contributed by atoms with Crippen LogP contribution in [0.25, 0.3) is 0 Å². The summed E-state index contributed by atoms with van der Waals surface area (Å²) in [6.45, 7) is 1.39. The Morgan fingerprint density at radius 2 is 2.11 bits per heavy atom. The van der Waals surface area contributed by atoms with E-state index in [2.05, 4.69) is 10.3 Å². The van der Waals surface area contributed by atoms with Gasteiger partial charge in [-0.25, -0.2) is 0 Å². The molecule has 98 valence electrons. The molecule has 4 nitrogen and oxygen atoms in total. The van der Waals surface area contributed by atoms with Crippen LogP contribution in [0.2, 0.25) is 0 Å². The average molecular weight is 259 g/mol. The summed E-state index contributed by atoms with van der Waals surface area (Å²) in [5, 5.41) is 3.01. The molecule has 1 N–H and O–H groups in total. The number of carbonyl (C=O) groups is 1. The van der Waals surface area contributed by atoms with E-state index in [1.54, 1.807) is 7.05 Å². The van der Waals surface area contributed by atoms with E-state index in [1.165, 1.54) is 4.90 Å². The minimum absolute atomic E-state index is 0.0254. The topological polar surface area (TPSA) is 45.2 Å². The monoisotopic (exact) mass is 259 g/mol. The van der Waals surface area contributed by atoms with E-state index in [0.717, 1.165) is 12.1 Å². The Morgan fingerprint density at radius 3 is 2.50 bits per heavy atom. The van der Waals surface area contributed by atoms with Gasteiger partial charge in [-0.3, -0.25) is 9.78 Å². The number of aromatic nitrogens is 1. The Kier molecular flexibility index (Phi) is 3.25. The first-order chi connectivity index (χ1) is 8.39. The van der Waals surface area contributed by atoms with Crippen LogP contribution in [-0.4, -0.2) is 42.0 Å². The summed E-state index contributed by atoms with van der Waals surface area (Å²) in [6, 6.07) is 2.06. The first kappa shape index (κ1) is 12.8. The first-order valence-electron chi connectivity index (χ1n) is 5.40. The minimum Gasteiger partial charge on any atom is -0.335 e. The number of rotatable bonds is 2.